The lowest BCUT2D eigenvalue weighted by Crippen LogP contribution is -2.37. The van der Waals surface area contributed by atoms with Crippen molar-refractivity contribution in [1.82, 2.24) is 0 Å². The van der Waals surface area contributed by atoms with E-state index in [2.05, 4.69) is 4.90 Å². The third-order valence-corrected chi connectivity index (χ3v) is 4.27. The molecule has 6 nitrogen and oxygen atoms in total. The van der Waals surface area contributed by atoms with Crippen LogP contribution in [-0.4, -0.2) is 31.2 Å². The molecule has 1 saturated carbocycles. The van der Waals surface area contributed by atoms with Crippen LogP contribution in [0.15, 0.2) is 18.2 Å². The molecule has 1 aliphatic rings. The molecule has 2 N–H and O–H groups in total. The number of nitro benzene ring substituents is 1. The quantitative estimate of drug-likeness (QED) is 0.644. The first-order valence-corrected chi connectivity index (χ1v) is 7.42. The molecule has 2 rings (SSSR count). The van der Waals surface area contributed by atoms with Crippen LogP contribution in [0.1, 0.15) is 26.2 Å². The van der Waals surface area contributed by atoms with E-state index in [-0.39, 0.29) is 5.69 Å². The molecule has 0 radical (unpaired) electrons. The van der Waals surface area contributed by atoms with Crippen LogP contribution in [0, 0.1) is 16.0 Å². The minimum Gasteiger partial charge on any atom is -0.487 e. The molecular formula is C15H23N3O3. The highest BCUT2D eigenvalue weighted by molar-refractivity contribution is 5.59. The zero-order valence-corrected chi connectivity index (χ0v) is 12.6. The van der Waals surface area contributed by atoms with Crippen LogP contribution in [0.2, 0.25) is 0 Å². The first kappa shape index (κ1) is 15.6. The highest BCUT2D eigenvalue weighted by Gasteiger charge is 2.30. The maximum atomic E-state index is 11.0. The van der Waals surface area contributed by atoms with Gasteiger partial charge in [-0.1, -0.05) is 6.42 Å². The lowest BCUT2D eigenvalue weighted by molar-refractivity contribution is -0.385. The number of nitrogens with zero attached hydrogens (tertiary/aromatic N) is 2. The van der Waals surface area contributed by atoms with Gasteiger partial charge in [0.05, 0.1) is 11.5 Å². The van der Waals surface area contributed by atoms with Crippen molar-refractivity contribution in [2.24, 2.45) is 11.7 Å². The number of anilines is 1. The van der Waals surface area contributed by atoms with Crippen molar-refractivity contribution in [3.8, 4) is 5.75 Å². The summed E-state index contributed by atoms with van der Waals surface area (Å²) >= 11 is 0. The average Bonchev–Trinajstić information content (AvgIpc) is 2.95. The van der Waals surface area contributed by atoms with E-state index in [0.29, 0.717) is 30.9 Å². The van der Waals surface area contributed by atoms with E-state index in [1.54, 1.807) is 12.1 Å². The van der Waals surface area contributed by atoms with E-state index >= 15 is 0 Å². The van der Waals surface area contributed by atoms with Gasteiger partial charge in [-0.3, -0.25) is 10.1 Å². The molecule has 0 spiro atoms. The standard InChI is InChI=1S/C15H23N3O3/c1-3-21-15-9-12(7-8-14(15)18(19)20)17(2)13-6-4-5-11(13)10-16/h7-9,11,13H,3-6,10,16H2,1-2H3. The summed E-state index contributed by atoms with van der Waals surface area (Å²) in [6.45, 7) is 2.91. The van der Waals surface area contributed by atoms with E-state index in [1.807, 2.05) is 14.0 Å². The Bertz CT molecular complexity index is 507. The number of nitro groups is 1. The number of hydrogen-bond acceptors (Lipinski definition) is 5. The zero-order valence-electron chi connectivity index (χ0n) is 12.6. The summed E-state index contributed by atoms with van der Waals surface area (Å²) in [4.78, 5) is 12.8. The molecule has 2 atom stereocenters. The second-order valence-corrected chi connectivity index (χ2v) is 5.45. The molecule has 116 valence electrons. The number of benzene rings is 1. The largest absolute Gasteiger partial charge is 0.487 e. The molecule has 0 amide bonds. The van der Waals surface area contributed by atoms with E-state index in [0.717, 1.165) is 18.5 Å². The van der Waals surface area contributed by atoms with E-state index < -0.39 is 4.92 Å². The number of ether oxygens (including phenoxy) is 1. The van der Waals surface area contributed by atoms with Gasteiger partial charge in [0, 0.05) is 30.9 Å². The molecule has 0 aromatic heterocycles. The van der Waals surface area contributed by atoms with Crippen LogP contribution < -0.4 is 15.4 Å². The summed E-state index contributed by atoms with van der Waals surface area (Å²) in [5.74, 6) is 0.815. The minimum absolute atomic E-state index is 0.01000. The van der Waals surface area contributed by atoms with Gasteiger partial charge in [0.25, 0.3) is 0 Å². The Hall–Kier alpha value is -1.82. The fraction of sp³-hybridized carbons (Fsp3) is 0.600. The molecule has 0 aliphatic heterocycles. The van der Waals surface area contributed by atoms with Gasteiger partial charge in [0.1, 0.15) is 0 Å². The smallest absolute Gasteiger partial charge is 0.311 e. The first-order valence-electron chi connectivity index (χ1n) is 7.42. The molecule has 1 fully saturated rings. The van der Waals surface area contributed by atoms with Crippen molar-refractivity contribution >= 4 is 11.4 Å². The van der Waals surface area contributed by atoms with Crippen LogP contribution in [0.5, 0.6) is 5.75 Å². The SMILES string of the molecule is CCOc1cc(N(C)C2CCCC2CN)ccc1[N+](=O)[O-]. The minimum atomic E-state index is -0.410. The van der Waals surface area contributed by atoms with Gasteiger partial charge in [0.2, 0.25) is 0 Å². The predicted octanol–water partition coefficient (Wildman–Crippen LogP) is 2.56. The van der Waals surface area contributed by atoms with Crippen LogP contribution in [0.4, 0.5) is 11.4 Å². The third-order valence-electron chi connectivity index (χ3n) is 4.27. The van der Waals surface area contributed by atoms with E-state index in [4.69, 9.17) is 10.5 Å². The highest BCUT2D eigenvalue weighted by atomic mass is 16.6. The second-order valence-electron chi connectivity index (χ2n) is 5.45. The van der Waals surface area contributed by atoms with Gasteiger partial charge in [0.15, 0.2) is 5.75 Å². The lowest BCUT2D eigenvalue weighted by Gasteiger charge is -2.31. The Morgan fingerprint density at radius 1 is 1.48 bits per heavy atom. The van der Waals surface area contributed by atoms with Gasteiger partial charge >= 0.3 is 5.69 Å². The van der Waals surface area contributed by atoms with Crippen LogP contribution >= 0.6 is 0 Å². The van der Waals surface area contributed by atoms with Crippen LogP contribution in [0.25, 0.3) is 0 Å². The van der Waals surface area contributed by atoms with Crippen molar-refractivity contribution in [2.45, 2.75) is 32.2 Å². The molecule has 6 heteroatoms. The lowest BCUT2D eigenvalue weighted by atomic mass is 10.0. The van der Waals surface area contributed by atoms with Gasteiger partial charge < -0.3 is 15.4 Å². The molecule has 0 saturated heterocycles. The Kier molecular flexibility index (Phi) is 5.01. The maximum Gasteiger partial charge on any atom is 0.311 e. The summed E-state index contributed by atoms with van der Waals surface area (Å²) in [6, 6.07) is 5.45. The molecule has 2 unspecified atom stereocenters. The van der Waals surface area contributed by atoms with Crippen molar-refractivity contribution < 1.29 is 9.66 Å². The Labute approximate surface area is 125 Å². The van der Waals surface area contributed by atoms with E-state index in [1.165, 1.54) is 12.5 Å². The van der Waals surface area contributed by atoms with Crippen LogP contribution in [0.3, 0.4) is 0 Å². The number of nitrogens with two attached hydrogens (primary N) is 1. The van der Waals surface area contributed by atoms with Crippen molar-refractivity contribution in [1.29, 1.82) is 0 Å². The molecule has 0 heterocycles. The van der Waals surface area contributed by atoms with Crippen molar-refractivity contribution in [3.63, 3.8) is 0 Å². The zero-order chi connectivity index (χ0) is 15.4. The molecule has 0 bridgehead atoms. The van der Waals surface area contributed by atoms with E-state index in [9.17, 15) is 10.1 Å². The monoisotopic (exact) mass is 293 g/mol. The number of hydrogen-bond donors (Lipinski definition) is 1. The fourth-order valence-corrected chi connectivity index (χ4v) is 3.14. The maximum absolute atomic E-state index is 11.0. The predicted molar refractivity (Wildman–Crippen MR) is 82.9 cm³/mol. The van der Waals surface area contributed by atoms with Gasteiger partial charge in [-0.15, -0.1) is 0 Å². The van der Waals surface area contributed by atoms with Gasteiger partial charge in [-0.2, -0.15) is 0 Å². The van der Waals surface area contributed by atoms with Gasteiger partial charge in [-0.05, 0) is 38.3 Å². The Balaban J connectivity index is 2.27. The fourth-order valence-electron chi connectivity index (χ4n) is 3.14. The molecule has 1 aliphatic carbocycles. The summed E-state index contributed by atoms with van der Waals surface area (Å²) in [5, 5.41) is 11.0. The molecule has 1 aromatic rings. The topological polar surface area (TPSA) is 81.6 Å². The highest BCUT2D eigenvalue weighted by Crippen LogP contribution is 2.36. The third kappa shape index (κ3) is 3.26. The van der Waals surface area contributed by atoms with Crippen LogP contribution in [-0.2, 0) is 0 Å². The molecule has 1 aromatic carbocycles. The summed E-state index contributed by atoms with van der Waals surface area (Å²) < 4.78 is 5.41. The summed E-state index contributed by atoms with van der Waals surface area (Å²) in [7, 11) is 2.02. The molecular weight excluding hydrogens is 270 g/mol. The Morgan fingerprint density at radius 2 is 2.24 bits per heavy atom. The molecule has 21 heavy (non-hydrogen) atoms. The average molecular weight is 293 g/mol. The Morgan fingerprint density at radius 3 is 2.86 bits per heavy atom. The van der Waals surface area contributed by atoms with Crippen molar-refractivity contribution in [2.75, 3.05) is 25.1 Å². The van der Waals surface area contributed by atoms with Crippen molar-refractivity contribution in [3.05, 3.63) is 28.3 Å². The first-order chi connectivity index (χ1) is 10.1. The second kappa shape index (κ2) is 6.76. The van der Waals surface area contributed by atoms with Gasteiger partial charge in [-0.25, -0.2) is 0 Å². The number of rotatable bonds is 6. The summed E-state index contributed by atoms with van der Waals surface area (Å²) in [5.41, 5.74) is 6.79. The normalized spacial score (nSPS) is 21.3. The summed E-state index contributed by atoms with van der Waals surface area (Å²) in [6.07, 6.45) is 3.44.